The third-order valence-corrected chi connectivity index (χ3v) is 7.20. The highest BCUT2D eigenvalue weighted by molar-refractivity contribution is 6.27. The van der Waals surface area contributed by atoms with Crippen molar-refractivity contribution in [3.05, 3.63) is 0 Å². The van der Waals surface area contributed by atoms with Crippen LogP contribution in [-0.4, -0.2) is 77.5 Å². The van der Waals surface area contributed by atoms with Gasteiger partial charge in [0.25, 0.3) is 0 Å². The van der Waals surface area contributed by atoms with Crippen molar-refractivity contribution >= 4 is 9.76 Å². The number of rotatable bonds is 21. The first kappa shape index (κ1) is 28.1. The zero-order valence-corrected chi connectivity index (χ0v) is 21.7. The zero-order chi connectivity index (χ0) is 21.0. The van der Waals surface area contributed by atoms with Gasteiger partial charge in [-0.2, -0.15) is 0 Å². The van der Waals surface area contributed by atoms with Crippen molar-refractivity contribution in [1.82, 2.24) is 15.1 Å². The summed E-state index contributed by atoms with van der Waals surface area (Å²) in [5.41, 5.74) is 0. The fourth-order valence-corrected chi connectivity index (χ4v) is 5.39. The van der Waals surface area contributed by atoms with Crippen LogP contribution in [0, 0.1) is 0 Å². The standard InChI is InChI=1S/C23H53N3OSi/c1-7-16-25(12-6)18-14-19-26(17-13-15-24-22(8-2)9-3)20-21-28-27-23(10-4)11-5/h22-24H,7-21,28H2,1-6H3. The van der Waals surface area contributed by atoms with Crippen molar-refractivity contribution in [3.8, 4) is 0 Å². The summed E-state index contributed by atoms with van der Waals surface area (Å²) in [6.45, 7) is 22.2. The Labute approximate surface area is 180 Å². The second kappa shape index (κ2) is 20.3. The smallest absolute Gasteiger partial charge is 0.163 e. The molecule has 1 N–H and O–H groups in total. The van der Waals surface area contributed by atoms with Gasteiger partial charge < -0.3 is 19.5 Å². The molecule has 0 radical (unpaired) electrons. The van der Waals surface area contributed by atoms with Crippen LogP contribution in [0.3, 0.4) is 0 Å². The molecule has 0 aliphatic carbocycles. The molecule has 0 spiro atoms. The first-order chi connectivity index (χ1) is 13.6. The molecule has 0 unspecified atom stereocenters. The Kier molecular flexibility index (Phi) is 20.4. The van der Waals surface area contributed by atoms with E-state index in [1.807, 2.05) is 0 Å². The minimum absolute atomic E-state index is 0.369. The van der Waals surface area contributed by atoms with Gasteiger partial charge in [0.1, 0.15) is 0 Å². The monoisotopic (exact) mass is 415 g/mol. The van der Waals surface area contributed by atoms with Crippen molar-refractivity contribution in [1.29, 1.82) is 0 Å². The summed E-state index contributed by atoms with van der Waals surface area (Å²) in [5.74, 6) is 0. The summed E-state index contributed by atoms with van der Waals surface area (Å²) in [5, 5.41) is 3.72. The first-order valence-electron chi connectivity index (χ1n) is 12.4. The molecule has 0 aliphatic rings. The molecule has 5 heteroatoms. The minimum Gasteiger partial charge on any atom is -0.421 e. The summed E-state index contributed by atoms with van der Waals surface area (Å²) in [7, 11) is -0.369. The predicted molar refractivity (Wildman–Crippen MR) is 129 cm³/mol. The Bertz CT molecular complexity index is 292. The molecule has 0 bridgehead atoms. The molecule has 0 aromatic heterocycles. The van der Waals surface area contributed by atoms with Gasteiger partial charge >= 0.3 is 0 Å². The van der Waals surface area contributed by atoms with E-state index in [0.717, 1.165) is 6.54 Å². The third-order valence-electron chi connectivity index (χ3n) is 5.89. The molecule has 0 aromatic rings. The summed E-state index contributed by atoms with van der Waals surface area (Å²) in [4.78, 5) is 5.30. The normalized spacial score (nSPS) is 12.6. The lowest BCUT2D eigenvalue weighted by molar-refractivity contribution is 0.197. The number of nitrogens with zero attached hydrogens (tertiary/aromatic N) is 2. The van der Waals surface area contributed by atoms with E-state index < -0.39 is 0 Å². The van der Waals surface area contributed by atoms with Crippen molar-refractivity contribution in [2.45, 2.75) is 105 Å². The topological polar surface area (TPSA) is 27.7 Å². The van der Waals surface area contributed by atoms with Gasteiger partial charge in [0.05, 0.1) is 0 Å². The van der Waals surface area contributed by atoms with Crippen molar-refractivity contribution in [2.75, 3.05) is 45.8 Å². The van der Waals surface area contributed by atoms with Crippen LogP contribution in [-0.2, 0) is 4.43 Å². The van der Waals surface area contributed by atoms with Gasteiger partial charge in [-0.25, -0.2) is 0 Å². The molecule has 0 fully saturated rings. The van der Waals surface area contributed by atoms with Crippen LogP contribution >= 0.6 is 0 Å². The SMILES string of the molecule is CCCN(CC)CCCN(CCCNC(CC)CC)CC[SiH2]OC(CC)CC. The van der Waals surface area contributed by atoms with Crippen molar-refractivity contribution in [3.63, 3.8) is 0 Å². The van der Waals surface area contributed by atoms with E-state index in [1.54, 1.807) is 0 Å². The molecule has 0 aliphatic heterocycles. The van der Waals surface area contributed by atoms with E-state index in [-0.39, 0.29) is 9.76 Å². The highest BCUT2D eigenvalue weighted by atomic mass is 28.2. The summed E-state index contributed by atoms with van der Waals surface area (Å²) < 4.78 is 6.16. The van der Waals surface area contributed by atoms with E-state index in [0.29, 0.717) is 12.1 Å². The molecular weight excluding hydrogens is 362 g/mol. The maximum atomic E-state index is 6.16. The van der Waals surface area contributed by atoms with E-state index >= 15 is 0 Å². The average molecular weight is 416 g/mol. The number of nitrogens with one attached hydrogen (secondary N) is 1. The van der Waals surface area contributed by atoms with Crippen molar-refractivity contribution in [2.24, 2.45) is 0 Å². The molecule has 0 rings (SSSR count). The molecule has 0 atom stereocenters. The Morgan fingerprint density at radius 1 is 0.750 bits per heavy atom. The van der Waals surface area contributed by atoms with E-state index in [1.165, 1.54) is 90.3 Å². The number of hydrogen-bond donors (Lipinski definition) is 1. The van der Waals surface area contributed by atoms with Crippen LogP contribution in [0.2, 0.25) is 6.04 Å². The Morgan fingerprint density at radius 2 is 1.39 bits per heavy atom. The van der Waals surface area contributed by atoms with Gasteiger partial charge in [0, 0.05) is 12.1 Å². The fraction of sp³-hybridized carbons (Fsp3) is 1.00. The molecule has 170 valence electrons. The quantitative estimate of drug-likeness (QED) is 0.224. The minimum atomic E-state index is -0.369. The van der Waals surface area contributed by atoms with Gasteiger partial charge in [-0.15, -0.1) is 0 Å². The van der Waals surface area contributed by atoms with Gasteiger partial charge in [-0.1, -0.05) is 41.5 Å². The molecule has 0 amide bonds. The molecule has 0 saturated carbocycles. The first-order valence-corrected chi connectivity index (χ1v) is 14.0. The second-order valence-corrected chi connectivity index (χ2v) is 9.56. The summed E-state index contributed by atoms with van der Waals surface area (Å²) >= 11 is 0. The van der Waals surface area contributed by atoms with Gasteiger partial charge in [0.15, 0.2) is 9.76 Å². The van der Waals surface area contributed by atoms with Crippen LogP contribution in [0.25, 0.3) is 0 Å². The average Bonchev–Trinajstić information content (AvgIpc) is 2.72. The zero-order valence-electron chi connectivity index (χ0n) is 20.3. The Morgan fingerprint density at radius 3 is 1.96 bits per heavy atom. The lowest BCUT2D eigenvalue weighted by atomic mass is 10.2. The maximum absolute atomic E-state index is 6.16. The number of hydrogen-bond acceptors (Lipinski definition) is 4. The van der Waals surface area contributed by atoms with Crippen LogP contribution in [0.1, 0.15) is 86.5 Å². The van der Waals surface area contributed by atoms with Gasteiger partial charge in [0.2, 0.25) is 0 Å². The van der Waals surface area contributed by atoms with E-state index in [4.69, 9.17) is 4.43 Å². The fourth-order valence-electron chi connectivity index (χ4n) is 3.85. The molecule has 0 heterocycles. The molecule has 0 saturated heterocycles. The highest BCUT2D eigenvalue weighted by Gasteiger charge is 2.09. The van der Waals surface area contributed by atoms with E-state index in [2.05, 4.69) is 56.7 Å². The predicted octanol–water partition coefficient (Wildman–Crippen LogP) is 4.29. The molecule has 0 aromatic carbocycles. The summed E-state index contributed by atoms with van der Waals surface area (Å²) in [6.07, 6.45) is 9.14. The van der Waals surface area contributed by atoms with Gasteiger partial charge in [-0.3, -0.25) is 0 Å². The Balaban J connectivity index is 4.24. The lowest BCUT2D eigenvalue weighted by Crippen LogP contribution is -2.35. The molecule has 28 heavy (non-hydrogen) atoms. The lowest BCUT2D eigenvalue weighted by Gasteiger charge is -2.26. The van der Waals surface area contributed by atoms with Crippen LogP contribution < -0.4 is 5.32 Å². The second-order valence-electron chi connectivity index (χ2n) is 8.11. The van der Waals surface area contributed by atoms with Crippen LogP contribution in [0.5, 0.6) is 0 Å². The molecular formula is C23H53N3OSi. The van der Waals surface area contributed by atoms with Crippen LogP contribution in [0.4, 0.5) is 0 Å². The maximum Gasteiger partial charge on any atom is 0.163 e. The van der Waals surface area contributed by atoms with Crippen molar-refractivity contribution < 1.29 is 4.43 Å². The van der Waals surface area contributed by atoms with E-state index in [9.17, 15) is 0 Å². The Hall–Kier alpha value is 0.0569. The van der Waals surface area contributed by atoms with Crippen LogP contribution in [0.15, 0.2) is 0 Å². The highest BCUT2D eigenvalue weighted by Crippen LogP contribution is 2.04. The summed E-state index contributed by atoms with van der Waals surface area (Å²) in [6, 6.07) is 1.99. The van der Waals surface area contributed by atoms with Gasteiger partial charge in [-0.05, 0) is 96.8 Å². The largest absolute Gasteiger partial charge is 0.421 e. The molecule has 4 nitrogen and oxygen atoms in total. The third kappa shape index (κ3) is 15.0.